The predicted octanol–water partition coefficient (Wildman–Crippen LogP) is 2.84. The minimum atomic E-state index is -0.298. The van der Waals surface area contributed by atoms with Crippen LogP contribution in [0, 0.1) is 5.82 Å². The Bertz CT molecular complexity index is 494. The minimum absolute atomic E-state index is 0.298. The van der Waals surface area contributed by atoms with Crippen molar-refractivity contribution in [1.29, 1.82) is 0 Å². The molecule has 3 rings (SSSR count). The van der Waals surface area contributed by atoms with Gasteiger partial charge in [0.1, 0.15) is 5.82 Å². The molecule has 5 heteroatoms. The van der Waals surface area contributed by atoms with E-state index in [-0.39, 0.29) is 5.82 Å². The summed E-state index contributed by atoms with van der Waals surface area (Å²) >= 11 is 3.26. The lowest BCUT2D eigenvalue weighted by molar-refractivity contribution is 0.203. The highest BCUT2D eigenvalue weighted by Gasteiger charge is 2.35. The van der Waals surface area contributed by atoms with Gasteiger partial charge in [0.25, 0.3) is 0 Å². The summed E-state index contributed by atoms with van der Waals surface area (Å²) in [6.45, 7) is 5.49. The largest absolute Gasteiger partial charge is 0.397 e. The van der Waals surface area contributed by atoms with Crippen molar-refractivity contribution in [2.24, 2.45) is 0 Å². The number of nitrogens with two attached hydrogens (primary N) is 1. The number of rotatable bonds is 1. The lowest BCUT2D eigenvalue weighted by atomic mass is 10.1. The summed E-state index contributed by atoms with van der Waals surface area (Å²) in [5, 5.41) is 0. The van der Waals surface area contributed by atoms with Gasteiger partial charge >= 0.3 is 0 Å². The number of benzene rings is 1. The topological polar surface area (TPSA) is 32.5 Å². The van der Waals surface area contributed by atoms with Crippen LogP contribution in [0.25, 0.3) is 0 Å². The van der Waals surface area contributed by atoms with Crippen molar-refractivity contribution in [2.45, 2.75) is 31.8 Å². The molecule has 0 radical (unpaired) electrons. The fraction of sp³-hybridized carbons (Fsp3) is 0.571. The van der Waals surface area contributed by atoms with Crippen molar-refractivity contribution in [3.8, 4) is 0 Å². The van der Waals surface area contributed by atoms with E-state index >= 15 is 0 Å². The molecule has 2 atom stereocenters. The van der Waals surface area contributed by atoms with Gasteiger partial charge in [-0.15, -0.1) is 0 Å². The normalized spacial score (nSPS) is 27.6. The number of nitrogens with zero attached hydrogens (tertiary/aromatic N) is 2. The third kappa shape index (κ3) is 2.34. The quantitative estimate of drug-likeness (QED) is 0.805. The number of anilines is 2. The van der Waals surface area contributed by atoms with Crippen molar-refractivity contribution in [2.75, 3.05) is 30.3 Å². The number of nitrogen functional groups attached to an aromatic ring is 1. The number of hydrogen-bond donors (Lipinski definition) is 1. The molecule has 104 valence electrons. The SMILES string of the molecule is CC1CN2CCCC2CN1c1cc(Br)c(F)cc1N. The first-order valence-corrected chi connectivity index (χ1v) is 7.61. The molecule has 0 saturated carbocycles. The molecule has 2 heterocycles. The second-order valence-corrected chi connectivity index (χ2v) is 6.47. The minimum Gasteiger partial charge on any atom is -0.397 e. The summed E-state index contributed by atoms with van der Waals surface area (Å²) in [5.41, 5.74) is 7.48. The fourth-order valence-corrected chi connectivity index (χ4v) is 3.65. The summed E-state index contributed by atoms with van der Waals surface area (Å²) in [4.78, 5) is 4.89. The molecular weight excluding hydrogens is 309 g/mol. The summed E-state index contributed by atoms with van der Waals surface area (Å²) in [6, 6.07) is 4.26. The zero-order chi connectivity index (χ0) is 13.6. The number of piperazine rings is 1. The first-order valence-electron chi connectivity index (χ1n) is 6.81. The van der Waals surface area contributed by atoms with E-state index in [1.165, 1.54) is 25.5 Å². The van der Waals surface area contributed by atoms with Crippen LogP contribution in [0.1, 0.15) is 19.8 Å². The molecule has 0 bridgehead atoms. The molecule has 0 aliphatic carbocycles. The third-order valence-corrected chi connectivity index (χ3v) is 4.92. The monoisotopic (exact) mass is 327 g/mol. The molecule has 2 aliphatic heterocycles. The van der Waals surface area contributed by atoms with Gasteiger partial charge in [-0.1, -0.05) is 0 Å². The van der Waals surface area contributed by atoms with Crippen LogP contribution in [0.15, 0.2) is 16.6 Å². The summed E-state index contributed by atoms with van der Waals surface area (Å²) in [6.07, 6.45) is 2.54. The van der Waals surface area contributed by atoms with E-state index in [0.29, 0.717) is 22.2 Å². The Morgan fingerprint density at radius 2 is 2.16 bits per heavy atom. The van der Waals surface area contributed by atoms with E-state index in [4.69, 9.17) is 5.73 Å². The highest BCUT2D eigenvalue weighted by molar-refractivity contribution is 9.10. The Morgan fingerprint density at radius 1 is 1.37 bits per heavy atom. The Balaban J connectivity index is 1.91. The Hall–Kier alpha value is -0.810. The molecule has 2 saturated heterocycles. The molecule has 1 aromatic rings. The lowest BCUT2D eigenvalue weighted by Gasteiger charge is -2.44. The summed E-state index contributed by atoms with van der Waals surface area (Å²) in [7, 11) is 0. The Kier molecular flexibility index (Phi) is 3.43. The first kappa shape index (κ1) is 13.2. The van der Waals surface area contributed by atoms with Crippen LogP contribution in [-0.4, -0.2) is 36.6 Å². The average molecular weight is 328 g/mol. The van der Waals surface area contributed by atoms with Crippen molar-refractivity contribution >= 4 is 27.3 Å². The molecular formula is C14H19BrFN3. The first-order chi connectivity index (χ1) is 9.06. The molecule has 2 aliphatic rings. The predicted molar refractivity (Wildman–Crippen MR) is 79.9 cm³/mol. The van der Waals surface area contributed by atoms with Crippen LogP contribution in [0.5, 0.6) is 0 Å². The van der Waals surface area contributed by atoms with Gasteiger partial charge in [0.05, 0.1) is 15.8 Å². The molecule has 2 fully saturated rings. The van der Waals surface area contributed by atoms with Gasteiger partial charge in [0.15, 0.2) is 0 Å². The van der Waals surface area contributed by atoms with Crippen molar-refractivity contribution in [3.05, 3.63) is 22.4 Å². The van der Waals surface area contributed by atoms with E-state index in [2.05, 4.69) is 32.7 Å². The Labute approximate surface area is 121 Å². The molecule has 0 aromatic heterocycles. The van der Waals surface area contributed by atoms with Gasteiger partial charge < -0.3 is 10.6 Å². The summed E-state index contributed by atoms with van der Waals surface area (Å²) in [5.74, 6) is -0.298. The maximum atomic E-state index is 13.5. The second kappa shape index (κ2) is 4.94. The molecule has 19 heavy (non-hydrogen) atoms. The van der Waals surface area contributed by atoms with Crippen LogP contribution in [0.3, 0.4) is 0 Å². The van der Waals surface area contributed by atoms with Crippen molar-refractivity contribution in [3.63, 3.8) is 0 Å². The van der Waals surface area contributed by atoms with Gasteiger partial charge in [0.2, 0.25) is 0 Å². The number of fused-ring (bicyclic) bond motifs is 1. The highest BCUT2D eigenvalue weighted by atomic mass is 79.9. The van der Waals surface area contributed by atoms with Gasteiger partial charge in [-0.25, -0.2) is 4.39 Å². The molecule has 1 aromatic carbocycles. The van der Waals surface area contributed by atoms with Gasteiger partial charge in [-0.3, -0.25) is 4.90 Å². The maximum Gasteiger partial charge on any atom is 0.139 e. The lowest BCUT2D eigenvalue weighted by Crippen LogP contribution is -2.55. The van der Waals surface area contributed by atoms with Crippen LogP contribution in [-0.2, 0) is 0 Å². The molecule has 2 unspecified atom stereocenters. The van der Waals surface area contributed by atoms with Crippen LogP contribution in [0.4, 0.5) is 15.8 Å². The van der Waals surface area contributed by atoms with E-state index in [0.717, 1.165) is 18.8 Å². The molecule has 0 amide bonds. The van der Waals surface area contributed by atoms with Crippen LogP contribution in [0.2, 0.25) is 0 Å². The van der Waals surface area contributed by atoms with Crippen molar-refractivity contribution in [1.82, 2.24) is 4.90 Å². The highest BCUT2D eigenvalue weighted by Crippen LogP contribution is 2.34. The van der Waals surface area contributed by atoms with E-state index < -0.39 is 0 Å². The van der Waals surface area contributed by atoms with Gasteiger partial charge in [-0.2, -0.15) is 0 Å². The molecule has 0 spiro atoms. The summed E-state index contributed by atoms with van der Waals surface area (Å²) < 4.78 is 14.0. The van der Waals surface area contributed by atoms with E-state index in [1.807, 2.05) is 6.07 Å². The van der Waals surface area contributed by atoms with E-state index in [1.54, 1.807) is 0 Å². The fourth-order valence-electron chi connectivity index (χ4n) is 3.32. The van der Waals surface area contributed by atoms with Gasteiger partial charge in [0, 0.05) is 31.2 Å². The van der Waals surface area contributed by atoms with Crippen LogP contribution >= 0.6 is 15.9 Å². The molecule has 3 nitrogen and oxygen atoms in total. The standard InChI is InChI=1S/C14H19BrFN3/c1-9-7-18-4-2-3-10(18)8-19(9)14-5-11(15)12(16)6-13(14)17/h5-6,9-10H,2-4,7-8,17H2,1H3. The van der Waals surface area contributed by atoms with E-state index in [9.17, 15) is 4.39 Å². The smallest absolute Gasteiger partial charge is 0.139 e. The maximum absolute atomic E-state index is 13.5. The zero-order valence-electron chi connectivity index (χ0n) is 11.1. The Morgan fingerprint density at radius 3 is 2.95 bits per heavy atom. The number of hydrogen-bond acceptors (Lipinski definition) is 3. The van der Waals surface area contributed by atoms with Gasteiger partial charge in [-0.05, 0) is 48.3 Å². The second-order valence-electron chi connectivity index (χ2n) is 5.62. The zero-order valence-corrected chi connectivity index (χ0v) is 12.7. The average Bonchev–Trinajstić information content (AvgIpc) is 2.80. The number of halogens is 2. The molecule has 2 N–H and O–H groups in total. The van der Waals surface area contributed by atoms with Crippen LogP contribution < -0.4 is 10.6 Å². The third-order valence-electron chi connectivity index (χ3n) is 4.32. The van der Waals surface area contributed by atoms with Crippen molar-refractivity contribution < 1.29 is 4.39 Å².